The van der Waals surface area contributed by atoms with E-state index >= 15 is 0 Å². The quantitative estimate of drug-likeness (QED) is 0.784. The van der Waals surface area contributed by atoms with Crippen molar-refractivity contribution in [2.75, 3.05) is 19.6 Å². The van der Waals surface area contributed by atoms with Crippen LogP contribution in [0.4, 0.5) is 0 Å². The van der Waals surface area contributed by atoms with Crippen LogP contribution in [0.25, 0.3) is 0 Å². The van der Waals surface area contributed by atoms with E-state index in [-0.39, 0.29) is 5.78 Å². The van der Waals surface area contributed by atoms with Gasteiger partial charge in [-0.2, -0.15) is 0 Å². The largest absolute Gasteiger partial charge is 0.328 e. The zero-order valence-corrected chi connectivity index (χ0v) is 10.8. The maximum absolute atomic E-state index is 12.1. The topological polar surface area (TPSA) is 21.5 Å². The Kier molecular flexibility index (Phi) is 3.95. The summed E-state index contributed by atoms with van der Waals surface area (Å²) >= 11 is 0. The first-order valence-corrected chi connectivity index (χ1v) is 6.58. The Bertz CT molecular complexity index is 382. The maximum atomic E-state index is 12.1. The van der Waals surface area contributed by atoms with Crippen LogP contribution in [0.15, 0.2) is 24.3 Å². The van der Waals surface area contributed by atoms with Crippen molar-refractivity contribution in [1.82, 2.24) is 0 Å². The van der Waals surface area contributed by atoms with Gasteiger partial charge in [-0.15, -0.1) is 0 Å². The molecule has 1 aliphatic heterocycles. The first-order valence-electron chi connectivity index (χ1n) is 6.58. The summed E-state index contributed by atoms with van der Waals surface area (Å²) in [7, 11) is 0. The number of carbonyl (C=O) groups is 1. The molecule has 0 amide bonds. The van der Waals surface area contributed by atoms with Gasteiger partial charge in [-0.25, -0.2) is 0 Å². The molecule has 2 atom stereocenters. The molecular formula is C15H22NO+. The Morgan fingerprint density at radius 3 is 2.71 bits per heavy atom. The third kappa shape index (κ3) is 3.40. The molecule has 1 N–H and O–H groups in total. The van der Waals surface area contributed by atoms with Crippen LogP contribution < -0.4 is 4.90 Å². The summed E-state index contributed by atoms with van der Waals surface area (Å²) in [6.45, 7) is 7.30. The van der Waals surface area contributed by atoms with Gasteiger partial charge in [-0.3, -0.25) is 4.79 Å². The summed E-state index contributed by atoms with van der Waals surface area (Å²) in [5, 5.41) is 0. The fraction of sp³-hybridized carbons (Fsp3) is 0.533. The van der Waals surface area contributed by atoms with Crippen molar-refractivity contribution in [2.24, 2.45) is 5.92 Å². The van der Waals surface area contributed by atoms with Crippen LogP contribution in [0.5, 0.6) is 0 Å². The zero-order valence-electron chi connectivity index (χ0n) is 10.8. The van der Waals surface area contributed by atoms with Crippen LogP contribution in [0.3, 0.4) is 0 Å². The fourth-order valence-corrected chi connectivity index (χ4v) is 2.63. The van der Waals surface area contributed by atoms with Gasteiger partial charge in [-0.1, -0.05) is 36.8 Å². The molecule has 17 heavy (non-hydrogen) atoms. The molecule has 0 spiro atoms. The van der Waals surface area contributed by atoms with Crippen molar-refractivity contribution in [2.45, 2.75) is 26.7 Å². The number of nitrogens with one attached hydrogen (secondary N) is 1. The molecule has 0 bridgehead atoms. The second kappa shape index (κ2) is 5.46. The van der Waals surface area contributed by atoms with Crippen molar-refractivity contribution in [3.05, 3.63) is 35.4 Å². The number of benzene rings is 1. The highest BCUT2D eigenvalue weighted by atomic mass is 16.1. The molecule has 1 heterocycles. The Morgan fingerprint density at radius 1 is 1.35 bits per heavy atom. The number of hydrogen-bond donors (Lipinski definition) is 1. The van der Waals surface area contributed by atoms with Gasteiger partial charge in [-0.05, 0) is 19.8 Å². The number of rotatable bonds is 3. The summed E-state index contributed by atoms with van der Waals surface area (Å²) in [4.78, 5) is 13.6. The fourth-order valence-electron chi connectivity index (χ4n) is 2.63. The minimum absolute atomic E-state index is 0.286. The lowest BCUT2D eigenvalue weighted by atomic mass is 9.99. The Balaban J connectivity index is 1.94. The number of likely N-dealkylation sites (tertiary alicyclic amines) is 1. The summed E-state index contributed by atoms with van der Waals surface area (Å²) in [6.07, 6.45) is 2.58. The van der Waals surface area contributed by atoms with E-state index in [1.54, 1.807) is 0 Å². The van der Waals surface area contributed by atoms with E-state index in [9.17, 15) is 4.79 Å². The third-order valence-corrected chi connectivity index (χ3v) is 3.65. The highest BCUT2D eigenvalue weighted by Crippen LogP contribution is 2.06. The van der Waals surface area contributed by atoms with Gasteiger partial charge in [0.25, 0.3) is 0 Å². The molecule has 2 heteroatoms. The number of ketones is 1. The third-order valence-electron chi connectivity index (χ3n) is 3.65. The zero-order chi connectivity index (χ0) is 12.3. The lowest BCUT2D eigenvalue weighted by Crippen LogP contribution is -3.14. The standard InChI is InChI=1S/C15H21NO/c1-12-5-7-14(8-6-12)15(17)11-16-9-3-4-13(2)10-16/h5-8,13H,3-4,9-11H2,1-2H3/p+1/t13-/m1/s1. The Morgan fingerprint density at radius 2 is 2.06 bits per heavy atom. The summed E-state index contributed by atoms with van der Waals surface area (Å²) in [6, 6.07) is 7.93. The minimum Gasteiger partial charge on any atom is -0.328 e. The minimum atomic E-state index is 0.286. The van der Waals surface area contributed by atoms with Gasteiger partial charge in [0.05, 0.1) is 13.1 Å². The summed E-state index contributed by atoms with van der Waals surface area (Å²) in [5.41, 5.74) is 2.07. The van der Waals surface area contributed by atoms with Crippen LogP contribution >= 0.6 is 0 Å². The van der Waals surface area contributed by atoms with E-state index in [4.69, 9.17) is 0 Å². The van der Waals surface area contributed by atoms with Crippen molar-refractivity contribution in [3.63, 3.8) is 0 Å². The molecule has 1 aromatic rings. The first-order chi connectivity index (χ1) is 8.15. The number of aryl methyl sites for hydroxylation is 1. The summed E-state index contributed by atoms with van der Waals surface area (Å²) < 4.78 is 0. The molecule has 2 rings (SSSR count). The highest BCUT2D eigenvalue weighted by molar-refractivity contribution is 5.96. The predicted molar refractivity (Wildman–Crippen MR) is 69.5 cm³/mol. The van der Waals surface area contributed by atoms with E-state index < -0.39 is 0 Å². The molecule has 0 aliphatic carbocycles. The van der Waals surface area contributed by atoms with Crippen LogP contribution in [-0.4, -0.2) is 25.4 Å². The van der Waals surface area contributed by atoms with Crippen LogP contribution in [0.1, 0.15) is 35.7 Å². The average Bonchev–Trinajstić information content (AvgIpc) is 2.29. The molecule has 1 aliphatic rings. The number of quaternary nitrogens is 1. The maximum Gasteiger partial charge on any atom is 0.216 e. The van der Waals surface area contributed by atoms with Gasteiger partial charge < -0.3 is 4.90 Å². The van der Waals surface area contributed by atoms with Crippen molar-refractivity contribution in [3.8, 4) is 0 Å². The Labute approximate surface area is 104 Å². The average molecular weight is 232 g/mol. The van der Waals surface area contributed by atoms with E-state index in [1.807, 2.05) is 31.2 Å². The molecule has 1 unspecified atom stereocenters. The van der Waals surface area contributed by atoms with E-state index in [1.165, 1.54) is 23.3 Å². The Hall–Kier alpha value is -1.15. The molecule has 1 fully saturated rings. The molecule has 2 nitrogen and oxygen atoms in total. The monoisotopic (exact) mass is 232 g/mol. The van der Waals surface area contributed by atoms with Crippen molar-refractivity contribution >= 4 is 5.78 Å². The normalized spacial score (nSPS) is 24.6. The lowest BCUT2D eigenvalue weighted by molar-refractivity contribution is -0.900. The number of Topliss-reactive ketones (excluding diaryl/α,β-unsaturated/α-hetero) is 1. The summed E-state index contributed by atoms with van der Waals surface area (Å²) in [5.74, 6) is 1.05. The van der Waals surface area contributed by atoms with Gasteiger partial charge in [0.1, 0.15) is 6.54 Å². The molecule has 0 radical (unpaired) electrons. The SMILES string of the molecule is Cc1ccc(C(=O)C[NH+]2CCC[C@@H](C)C2)cc1. The molecule has 1 saturated heterocycles. The molecule has 0 aromatic heterocycles. The van der Waals surface area contributed by atoms with Crippen LogP contribution in [0.2, 0.25) is 0 Å². The van der Waals surface area contributed by atoms with Gasteiger partial charge >= 0.3 is 0 Å². The van der Waals surface area contributed by atoms with Gasteiger partial charge in [0.15, 0.2) is 0 Å². The van der Waals surface area contributed by atoms with Gasteiger partial charge in [0, 0.05) is 11.5 Å². The van der Waals surface area contributed by atoms with E-state index in [0.29, 0.717) is 6.54 Å². The smallest absolute Gasteiger partial charge is 0.216 e. The molecular weight excluding hydrogens is 210 g/mol. The predicted octanol–water partition coefficient (Wildman–Crippen LogP) is 1.49. The lowest BCUT2D eigenvalue weighted by Gasteiger charge is -2.27. The van der Waals surface area contributed by atoms with E-state index in [2.05, 4.69) is 6.92 Å². The van der Waals surface area contributed by atoms with Crippen LogP contribution in [-0.2, 0) is 0 Å². The first kappa shape index (κ1) is 12.3. The van der Waals surface area contributed by atoms with Crippen LogP contribution in [0, 0.1) is 12.8 Å². The molecule has 0 saturated carbocycles. The second-order valence-corrected chi connectivity index (χ2v) is 5.42. The molecule has 1 aromatic carbocycles. The van der Waals surface area contributed by atoms with Gasteiger partial charge in [0.2, 0.25) is 5.78 Å². The molecule has 92 valence electrons. The number of carbonyl (C=O) groups excluding carboxylic acids is 1. The number of hydrogen-bond acceptors (Lipinski definition) is 1. The number of piperidine rings is 1. The van der Waals surface area contributed by atoms with Crippen molar-refractivity contribution in [1.29, 1.82) is 0 Å². The highest BCUT2D eigenvalue weighted by Gasteiger charge is 2.22. The van der Waals surface area contributed by atoms with E-state index in [0.717, 1.165) is 24.6 Å². The second-order valence-electron chi connectivity index (χ2n) is 5.42. The van der Waals surface area contributed by atoms with Crippen molar-refractivity contribution < 1.29 is 9.69 Å².